The first-order valence-electron chi connectivity index (χ1n) is 2.78. The molecule has 0 bridgehead atoms. The van der Waals surface area contributed by atoms with Crippen molar-refractivity contribution in [1.29, 1.82) is 0 Å². The third-order valence-corrected chi connectivity index (χ3v) is 2.82. The van der Waals surface area contributed by atoms with Crippen LogP contribution in [0, 0.1) is 0 Å². The molecule has 0 aromatic carbocycles. The maximum atomic E-state index is 5.69. The molecule has 0 amide bonds. The van der Waals surface area contributed by atoms with Crippen molar-refractivity contribution in [3.8, 4) is 0 Å². The van der Waals surface area contributed by atoms with Crippen molar-refractivity contribution in [2.24, 2.45) is 5.40 Å². The van der Waals surface area contributed by atoms with Gasteiger partial charge in [0.1, 0.15) is 8.96 Å². The molecule has 2 N–H and O–H groups in total. The van der Waals surface area contributed by atoms with E-state index in [4.69, 9.17) is 5.40 Å². The first kappa shape index (κ1) is 7.66. The van der Waals surface area contributed by atoms with E-state index in [1.807, 2.05) is 12.2 Å². The lowest BCUT2D eigenvalue weighted by molar-refractivity contribution is 1.47. The largest absolute Gasteiger partial charge is 0.353 e. The highest BCUT2D eigenvalue weighted by Gasteiger charge is 1.95. The molecule has 0 aliphatic carbocycles. The topological polar surface area (TPSA) is 26.0 Å². The molecule has 0 heterocycles. The molecule has 46 valence electrons. The summed E-state index contributed by atoms with van der Waals surface area (Å²) in [4.78, 5) is 0. The summed E-state index contributed by atoms with van der Waals surface area (Å²) in [5, 5.41) is 5.69. The van der Waals surface area contributed by atoms with Crippen molar-refractivity contribution in [1.82, 2.24) is 0 Å². The highest BCUT2D eigenvalue weighted by Crippen LogP contribution is 1.92. The molecule has 0 atom stereocenters. The number of rotatable bonds is 4. The molecule has 2 heteroatoms. The van der Waals surface area contributed by atoms with E-state index in [0.29, 0.717) is 0 Å². The van der Waals surface area contributed by atoms with Crippen LogP contribution in [0.2, 0.25) is 12.1 Å². The maximum Gasteiger partial charge on any atom is 0.113 e. The van der Waals surface area contributed by atoms with Gasteiger partial charge >= 0.3 is 0 Å². The lowest BCUT2D eigenvalue weighted by Crippen LogP contribution is -2.22. The van der Waals surface area contributed by atoms with Crippen molar-refractivity contribution >= 4 is 8.96 Å². The molecule has 0 saturated heterocycles. The number of hydrogen-bond acceptors (Lipinski definition) is 1. The van der Waals surface area contributed by atoms with Crippen LogP contribution in [0.25, 0.3) is 0 Å². The monoisotopic (exact) mass is 127 g/mol. The third-order valence-electron chi connectivity index (χ3n) is 0.939. The van der Waals surface area contributed by atoms with Gasteiger partial charge in [-0.1, -0.05) is 12.2 Å². The van der Waals surface area contributed by atoms with Crippen LogP contribution in [-0.4, -0.2) is 8.96 Å². The molecule has 0 spiro atoms. The summed E-state index contributed by atoms with van der Waals surface area (Å²) < 4.78 is 0. The summed E-state index contributed by atoms with van der Waals surface area (Å²) in [5.41, 5.74) is 0. The van der Waals surface area contributed by atoms with Crippen LogP contribution in [0.3, 0.4) is 0 Å². The Kier molecular flexibility index (Phi) is 4.60. The van der Waals surface area contributed by atoms with Gasteiger partial charge in [0.15, 0.2) is 0 Å². The van der Waals surface area contributed by atoms with E-state index in [1.165, 1.54) is 0 Å². The molecule has 0 fully saturated rings. The second-order valence-electron chi connectivity index (χ2n) is 1.81. The molecule has 0 aromatic heterocycles. The minimum Gasteiger partial charge on any atom is -0.353 e. The minimum atomic E-state index is -0.938. The minimum absolute atomic E-state index is 0.938. The quantitative estimate of drug-likeness (QED) is 0.443. The summed E-state index contributed by atoms with van der Waals surface area (Å²) in [7, 11) is -0.938. The van der Waals surface area contributed by atoms with Crippen molar-refractivity contribution in [2.45, 2.75) is 12.1 Å². The molecular formula is C6H13NSi. The van der Waals surface area contributed by atoms with E-state index in [9.17, 15) is 0 Å². The van der Waals surface area contributed by atoms with Crippen LogP contribution >= 0.6 is 0 Å². The van der Waals surface area contributed by atoms with Gasteiger partial charge in [-0.05, 0) is 12.1 Å². The summed E-state index contributed by atoms with van der Waals surface area (Å²) in [5.74, 6) is 0. The normalized spacial score (nSPS) is 9.25. The highest BCUT2D eigenvalue weighted by molar-refractivity contribution is 6.56. The summed E-state index contributed by atoms with van der Waals surface area (Å²) in [6, 6.07) is 2.04. The Bertz CT molecular complexity index is 70.6. The average Bonchev–Trinajstić information content (AvgIpc) is 1.68. The van der Waals surface area contributed by atoms with Crippen LogP contribution in [0.5, 0.6) is 0 Å². The lowest BCUT2D eigenvalue weighted by Gasteiger charge is -1.99. The number of allylic oxidation sites excluding steroid dienone is 2. The lowest BCUT2D eigenvalue weighted by atomic mass is 10.7. The molecule has 0 aliphatic heterocycles. The Hall–Kier alpha value is -0.343. The van der Waals surface area contributed by atoms with Gasteiger partial charge in [-0.15, -0.1) is 13.2 Å². The van der Waals surface area contributed by atoms with E-state index in [0.717, 1.165) is 12.1 Å². The molecular weight excluding hydrogens is 114 g/mol. The van der Waals surface area contributed by atoms with Crippen LogP contribution in [0.1, 0.15) is 0 Å². The highest BCUT2D eigenvalue weighted by atomic mass is 28.3. The first-order valence-corrected chi connectivity index (χ1v) is 5.08. The zero-order valence-corrected chi connectivity index (χ0v) is 6.29. The second-order valence-corrected chi connectivity index (χ2v) is 4.27. The number of nitrogens with two attached hydrogens (primary N) is 1. The van der Waals surface area contributed by atoms with E-state index in [2.05, 4.69) is 13.2 Å². The van der Waals surface area contributed by atoms with Gasteiger partial charge in [-0.25, -0.2) is 0 Å². The molecule has 0 unspecified atom stereocenters. The third kappa shape index (κ3) is 3.83. The molecule has 0 aliphatic rings. The smallest absolute Gasteiger partial charge is 0.113 e. The van der Waals surface area contributed by atoms with E-state index in [-0.39, 0.29) is 0 Å². The van der Waals surface area contributed by atoms with Gasteiger partial charge in [0.2, 0.25) is 0 Å². The van der Waals surface area contributed by atoms with Crippen LogP contribution in [0.4, 0.5) is 0 Å². The Morgan fingerprint density at radius 1 is 1.25 bits per heavy atom. The summed E-state index contributed by atoms with van der Waals surface area (Å²) in [6.07, 6.45) is 3.78. The first-order chi connectivity index (χ1) is 3.81. The Morgan fingerprint density at radius 3 is 1.88 bits per heavy atom. The van der Waals surface area contributed by atoms with Crippen molar-refractivity contribution in [2.75, 3.05) is 0 Å². The molecule has 0 radical (unpaired) electrons. The standard InChI is InChI=1S/C6H13NSi/c1-3-5-8(7)6-4-2/h3-4,8H,1-2,5-7H2. The zero-order chi connectivity index (χ0) is 6.41. The average molecular weight is 127 g/mol. The maximum absolute atomic E-state index is 5.69. The van der Waals surface area contributed by atoms with E-state index in [1.54, 1.807) is 0 Å². The predicted octanol–water partition coefficient (Wildman–Crippen LogP) is 1.04. The Labute approximate surface area is 52.6 Å². The van der Waals surface area contributed by atoms with E-state index >= 15 is 0 Å². The number of hydrogen-bond donors (Lipinski definition) is 1. The van der Waals surface area contributed by atoms with Crippen LogP contribution < -0.4 is 5.40 Å². The Morgan fingerprint density at radius 2 is 1.62 bits per heavy atom. The van der Waals surface area contributed by atoms with Gasteiger partial charge < -0.3 is 5.40 Å². The summed E-state index contributed by atoms with van der Waals surface area (Å²) >= 11 is 0. The molecule has 1 nitrogen and oxygen atoms in total. The molecule has 0 rings (SSSR count). The fraction of sp³-hybridized carbons (Fsp3) is 0.333. The van der Waals surface area contributed by atoms with Crippen LogP contribution in [0.15, 0.2) is 25.3 Å². The zero-order valence-electron chi connectivity index (χ0n) is 5.14. The Balaban J connectivity index is 3.16. The van der Waals surface area contributed by atoms with Crippen molar-refractivity contribution in [3.63, 3.8) is 0 Å². The fourth-order valence-corrected chi connectivity index (χ4v) is 1.57. The van der Waals surface area contributed by atoms with Gasteiger partial charge in [-0.2, -0.15) is 0 Å². The van der Waals surface area contributed by atoms with Crippen molar-refractivity contribution < 1.29 is 0 Å². The van der Waals surface area contributed by atoms with Gasteiger partial charge in [-0.3, -0.25) is 0 Å². The van der Waals surface area contributed by atoms with Crippen LogP contribution in [-0.2, 0) is 0 Å². The van der Waals surface area contributed by atoms with E-state index < -0.39 is 8.96 Å². The van der Waals surface area contributed by atoms with Gasteiger partial charge in [0.05, 0.1) is 0 Å². The van der Waals surface area contributed by atoms with Gasteiger partial charge in [0, 0.05) is 0 Å². The van der Waals surface area contributed by atoms with Crippen molar-refractivity contribution in [3.05, 3.63) is 25.3 Å². The SMILES string of the molecule is C=CC[SiH](N)CC=C. The van der Waals surface area contributed by atoms with Gasteiger partial charge in [0.25, 0.3) is 0 Å². The second kappa shape index (κ2) is 4.81. The molecule has 8 heavy (non-hydrogen) atoms. The summed E-state index contributed by atoms with van der Waals surface area (Å²) in [6.45, 7) is 7.21. The molecule has 0 aromatic rings. The predicted molar refractivity (Wildman–Crippen MR) is 41.3 cm³/mol. The molecule has 0 saturated carbocycles. The fourth-order valence-electron chi connectivity index (χ4n) is 0.524.